The molecule has 0 aromatic heterocycles. The van der Waals surface area contributed by atoms with Crippen molar-refractivity contribution in [3.8, 4) is 5.75 Å². The number of hydrogen-bond acceptors (Lipinski definition) is 4. The summed E-state index contributed by atoms with van der Waals surface area (Å²) < 4.78 is 5.23. The molecule has 0 atom stereocenters. The molecule has 4 saturated carbocycles. The van der Waals surface area contributed by atoms with Gasteiger partial charge in [0, 0.05) is 51.1 Å². The molecule has 1 aliphatic heterocycles. The van der Waals surface area contributed by atoms with Gasteiger partial charge in [0.05, 0.1) is 7.11 Å². The molecule has 5 aliphatic rings. The van der Waals surface area contributed by atoms with Crippen LogP contribution in [0, 0.1) is 23.2 Å². The summed E-state index contributed by atoms with van der Waals surface area (Å²) in [6.45, 7) is 4.91. The number of amides is 2. The molecule has 4 aliphatic carbocycles. The first-order chi connectivity index (χ1) is 16.0. The van der Waals surface area contributed by atoms with Crippen LogP contribution in [0.3, 0.4) is 0 Å². The van der Waals surface area contributed by atoms with E-state index in [1.54, 1.807) is 7.11 Å². The average molecular weight is 454 g/mol. The van der Waals surface area contributed by atoms with E-state index in [1.165, 1.54) is 24.8 Å². The van der Waals surface area contributed by atoms with Gasteiger partial charge in [-0.3, -0.25) is 14.5 Å². The van der Waals surface area contributed by atoms with Crippen LogP contribution in [-0.4, -0.2) is 61.4 Å². The first-order valence-electron chi connectivity index (χ1n) is 12.9. The van der Waals surface area contributed by atoms with Crippen LogP contribution in [0.4, 0.5) is 0 Å². The molecular formula is C27H39N3O3. The number of rotatable bonds is 8. The third-order valence-electron chi connectivity index (χ3n) is 8.66. The molecule has 6 nitrogen and oxygen atoms in total. The van der Waals surface area contributed by atoms with E-state index in [4.69, 9.17) is 4.74 Å². The monoisotopic (exact) mass is 453 g/mol. The van der Waals surface area contributed by atoms with Crippen LogP contribution in [0.2, 0.25) is 0 Å². The van der Waals surface area contributed by atoms with Crippen molar-refractivity contribution in [2.75, 3.05) is 39.8 Å². The lowest BCUT2D eigenvalue weighted by Crippen LogP contribution is -2.53. The van der Waals surface area contributed by atoms with Gasteiger partial charge in [0.2, 0.25) is 11.8 Å². The number of ether oxygens (including phenoxy) is 1. The molecule has 0 radical (unpaired) electrons. The summed E-state index contributed by atoms with van der Waals surface area (Å²) >= 11 is 0. The Morgan fingerprint density at radius 3 is 2.15 bits per heavy atom. The van der Waals surface area contributed by atoms with Crippen molar-refractivity contribution in [3.05, 3.63) is 29.8 Å². The minimum Gasteiger partial charge on any atom is -0.497 e. The van der Waals surface area contributed by atoms with Crippen LogP contribution >= 0.6 is 0 Å². The average Bonchev–Trinajstić information content (AvgIpc) is 2.81. The Hall–Kier alpha value is -2.08. The van der Waals surface area contributed by atoms with E-state index < -0.39 is 0 Å². The zero-order valence-corrected chi connectivity index (χ0v) is 20.1. The van der Waals surface area contributed by atoms with Crippen molar-refractivity contribution < 1.29 is 14.3 Å². The number of nitrogens with one attached hydrogen (secondary N) is 1. The van der Waals surface area contributed by atoms with Crippen LogP contribution in [-0.2, 0) is 16.1 Å². The van der Waals surface area contributed by atoms with Crippen LogP contribution < -0.4 is 10.1 Å². The van der Waals surface area contributed by atoms with Gasteiger partial charge in [-0.2, -0.15) is 0 Å². The summed E-state index contributed by atoms with van der Waals surface area (Å²) in [6.07, 6.45) is 8.64. The molecule has 1 aromatic carbocycles. The Balaban J connectivity index is 0.999. The largest absolute Gasteiger partial charge is 0.497 e. The second-order valence-corrected chi connectivity index (χ2v) is 11.1. The molecule has 1 saturated heterocycles. The normalized spacial score (nSPS) is 30.9. The molecule has 5 fully saturated rings. The molecular weight excluding hydrogens is 414 g/mol. The molecule has 1 heterocycles. The Morgan fingerprint density at radius 2 is 1.58 bits per heavy atom. The fourth-order valence-electron chi connectivity index (χ4n) is 7.32. The van der Waals surface area contributed by atoms with Gasteiger partial charge in [0.15, 0.2) is 0 Å². The number of methoxy groups -OCH3 is 1. The Bertz CT molecular complexity index is 809. The highest BCUT2D eigenvalue weighted by molar-refractivity contribution is 5.83. The van der Waals surface area contributed by atoms with E-state index in [-0.39, 0.29) is 17.2 Å². The standard InChI is InChI=1S/C27H39N3O3/c1-33-24-6-4-20(5-7-24)19-29-9-11-30(12-10-29)25(31)3-2-8-28-26(32)27-16-21-13-22(17-27)15-23(14-21)18-27/h4-7,21-23H,2-3,8-19H2,1H3,(H,28,32). The van der Waals surface area contributed by atoms with Crippen LogP contribution in [0.15, 0.2) is 24.3 Å². The topological polar surface area (TPSA) is 61.9 Å². The quantitative estimate of drug-likeness (QED) is 0.613. The summed E-state index contributed by atoms with van der Waals surface area (Å²) in [7, 11) is 1.68. The third-order valence-corrected chi connectivity index (χ3v) is 8.66. The van der Waals surface area contributed by atoms with Gasteiger partial charge >= 0.3 is 0 Å². The van der Waals surface area contributed by atoms with Gasteiger partial charge in [-0.05, 0) is 80.4 Å². The maximum Gasteiger partial charge on any atom is 0.226 e. The molecule has 1 N–H and O–H groups in total. The van der Waals surface area contributed by atoms with Crippen molar-refractivity contribution in [2.24, 2.45) is 23.2 Å². The number of nitrogens with zero attached hydrogens (tertiary/aromatic N) is 2. The van der Waals surface area contributed by atoms with E-state index in [2.05, 4.69) is 22.3 Å². The molecule has 4 bridgehead atoms. The number of carbonyl (C=O) groups is 2. The predicted octanol–water partition coefficient (Wildman–Crippen LogP) is 3.45. The van der Waals surface area contributed by atoms with Crippen LogP contribution in [0.25, 0.3) is 0 Å². The highest BCUT2D eigenvalue weighted by Gasteiger charge is 2.54. The third kappa shape index (κ3) is 5.06. The molecule has 6 rings (SSSR count). The summed E-state index contributed by atoms with van der Waals surface area (Å²) in [4.78, 5) is 30.1. The first-order valence-corrected chi connectivity index (χ1v) is 12.9. The summed E-state index contributed by atoms with van der Waals surface area (Å²) in [5, 5.41) is 3.21. The fourth-order valence-corrected chi connectivity index (χ4v) is 7.32. The fraction of sp³-hybridized carbons (Fsp3) is 0.704. The molecule has 0 spiro atoms. The van der Waals surface area contributed by atoms with Gasteiger partial charge in [-0.25, -0.2) is 0 Å². The maximum absolute atomic E-state index is 13.0. The molecule has 0 unspecified atom stereocenters. The SMILES string of the molecule is COc1ccc(CN2CCN(C(=O)CCCNC(=O)C34CC5CC(CC(C5)C3)C4)CC2)cc1. The minimum atomic E-state index is -0.0844. The van der Waals surface area contributed by atoms with Crippen molar-refractivity contribution in [3.63, 3.8) is 0 Å². The predicted molar refractivity (Wildman–Crippen MR) is 128 cm³/mol. The van der Waals surface area contributed by atoms with Crippen molar-refractivity contribution in [1.29, 1.82) is 0 Å². The molecule has 180 valence electrons. The summed E-state index contributed by atoms with van der Waals surface area (Å²) in [5.74, 6) is 3.73. The number of benzene rings is 1. The lowest BCUT2D eigenvalue weighted by Gasteiger charge is -2.55. The van der Waals surface area contributed by atoms with E-state index in [9.17, 15) is 9.59 Å². The second-order valence-electron chi connectivity index (χ2n) is 11.1. The lowest BCUT2D eigenvalue weighted by atomic mass is 9.49. The summed E-state index contributed by atoms with van der Waals surface area (Å²) in [6, 6.07) is 8.20. The van der Waals surface area contributed by atoms with E-state index >= 15 is 0 Å². The Kier molecular flexibility index (Phi) is 6.64. The van der Waals surface area contributed by atoms with Crippen molar-refractivity contribution in [1.82, 2.24) is 15.1 Å². The van der Waals surface area contributed by atoms with Crippen molar-refractivity contribution >= 4 is 11.8 Å². The molecule has 33 heavy (non-hydrogen) atoms. The Morgan fingerprint density at radius 1 is 0.970 bits per heavy atom. The first kappa shape index (κ1) is 22.7. The number of carbonyl (C=O) groups excluding carboxylic acids is 2. The van der Waals surface area contributed by atoms with Crippen LogP contribution in [0.1, 0.15) is 56.9 Å². The minimum absolute atomic E-state index is 0.0844. The van der Waals surface area contributed by atoms with Gasteiger partial charge < -0.3 is 15.0 Å². The highest BCUT2D eigenvalue weighted by atomic mass is 16.5. The van der Waals surface area contributed by atoms with Crippen molar-refractivity contribution in [2.45, 2.75) is 57.9 Å². The van der Waals surface area contributed by atoms with E-state index in [0.717, 1.165) is 81.9 Å². The zero-order valence-electron chi connectivity index (χ0n) is 20.1. The number of piperazine rings is 1. The maximum atomic E-state index is 13.0. The van der Waals surface area contributed by atoms with Gasteiger partial charge in [0.1, 0.15) is 5.75 Å². The van der Waals surface area contributed by atoms with E-state index in [0.29, 0.717) is 13.0 Å². The molecule has 6 heteroatoms. The number of hydrogen-bond donors (Lipinski definition) is 1. The van der Waals surface area contributed by atoms with Gasteiger partial charge in [-0.1, -0.05) is 12.1 Å². The highest BCUT2D eigenvalue weighted by Crippen LogP contribution is 2.60. The van der Waals surface area contributed by atoms with Gasteiger partial charge in [-0.15, -0.1) is 0 Å². The Labute approximate surface area is 198 Å². The lowest BCUT2D eigenvalue weighted by molar-refractivity contribution is -0.146. The summed E-state index contributed by atoms with van der Waals surface area (Å²) in [5.41, 5.74) is 1.18. The van der Waals surface area contributed by atoms with E-state index in [1.807, 2.05) is 17.0 Å². The van der Waals surface area contributed by atoms with Gasteiger partial charge in [0.25, 0.3) is 0 Å². The van der Waals surface area contributed by atoms with Crippen LogP contribution in [0.5, 0.6) is 5.75 Å². The zero-order chi connectivity index (χ0) is 22.8. The smallest absolute Gasteiger partial charge is 0.226 e. The second kappa shape index (κ2) is 9.65. The molecule has 1 aromatic rings. The molecule has 2 amide bonds.